The number of amides is 1. The van der Waals surface area contributed by atoms with Crippen LogP contribution in [0.15, 0.2) is 23.1 Å². The zero-order valence-corrected chi connectivity index (χ0v) is 17.0. The molecule has 1 aromatic carbocycles. The Morgan fingerprint density at radius 3 is 2.55 bits per heavy atom. The van der Waals surface area contributed by atoms with Crippen molar-refractivity contribution in [2.45, 2.75) is 49.6 Å². The molecule has 1 amide bonds. The highest BCUT2D eigenvalue weighted by molar-refractivity contribution is 7.89. The summed E-state index contributed by atoms with van der Waals surface area (Å²) in [5.41, 5.74) is -0.273. The predicted octanol–water partition coefficient (Wildman–Crippen LogP) is 0.905. The number of nitrogens with one attached hydrogen (secondary N) is 3. The van der Waals surface area contributed by atoms with Crippen molar-refractivity contribution in [1.29, 1.82) is 0 Å². The van der Waals surface area contributed by atoms with Crippen molar-refractivity contribution in [2.75, 3.05) is 18.9 Å². The molecule has 1 atom stereocenters. The largest absolute Gasteiger partial charge is 0.452 e. The third-order valence-electron chi connectivity index (χ3n) is 4.53. The number of carbonyl (C=O) groups excluding carboxylic acids is 2. The average molecular weight is 428 g/mol. The number of nitro benzene ring substituents is 1. The number of rotatable bonds is 9. The molecule has 0 aromatic heterocycles. The predicted molar refractivity (Wildman–Crippen MR) is 104 cm³/mol. The first kappa shape index (κ1) is 22.6. The molecule has 0 saturated heterocycles. The number of nitrogens with zero attached hydrogens (tertiary/aromatic N) is 1. The third kappa shape index (κ3) is 6.12. The fourth-order valence-corrected chi connectivity index (χ4v) is 3.95. The Morgan fingerprint density at radius 1 is 1.31 bits per heavy atom. The molecule has 0 bridgehead atoms. The van der Waals surface area contributed by atoms with Gasteiger partial charge >= 0.3 is 5.97 Å². The average Bonchev–Trinajstić information content (AvgIpc) is 3.18. The lowest BCUT2D eigenvalue weighted by Crippen LogP contribution is -2.42. The minimum Gasteiger partial charge on any atom is -0.452 e. The van der Waals surface area contributed by atoms with Crippen molar-refractivity contribution in [3.05, 3.63) is 28.3 Å². The molecule has 0 radical (unpaired) electrons. The zero-order chi connectivity index (χ0) is 21.6. The molecule has 160 valence electrons. The van der Waals surface area contributed by atoms with Crippen molar-refractivity contribution in [3.63, 3.8) is 0 Å². The summed E-state index contributed by atoms with van der Waals surface area (Å²) in [5.74, 6) is -1.38. The highest BCUT2D eigenvalue weighted by Crippen LogP contribution is 2.27. The van der Waals surface area contributed by atoms with Crippen molar-refractivity contribution >= 4 is 33.3 Å². The Hall–Kier alpha value is -2.73. The van der Waals surface area contributed by atoms with Crippen molar-refractivity contribution in [2.24, 2.45) is 0 Å². The van der Waals surface area contributed by atoms with Gasteiger partial charge in [0.05, 0.1) is 9.82 Å². The maximum Gasteiger partial charge on any atom is 0.321 e. The summed E-state index contributed by atoms with van der Waals surface area (Å²) in [7, 11) is -2.73. The lowest BCUT2D eigenvalue weighted by molar-refractivity contribution is -0.384. The van der Waals surface area contributed by atoms with Gasteiger partial charge in [0, 0.05) is 19.2 Å². The fraction of sp³-hybridized carbons (Fsp3) is 0.529. The first-order valence-electron chi connectivity index (χ1n) is 9.09. The minimum atomic E-state index is -4.19. The Morgan fingerprint density at radius 2 is 1.97 bits per heavy atom. The van der Waals surface area contributed by atoms with Crippen LogP contribution in [-0.2, 0) is 24.3 Å². The number of hydrogen-bond donors (Lipinski definition) is 3. The Bertz CT molecular complexity index is 882. The maximum absolute atomic E-state index is 12.3. The third-order valence-corrected chi connectivity index (χ3v) is 5.93. The number of benzene rings is 1. The number of sulfonamides is 1. The molecule has 29 heavy (non-hydrogen) atoms. The number of anilines is 1. The Kier molecular flexibility index (Phi) is 7.51. The van der Waals surface area contributed by atoms with Gasteiger partial charge in [-0.1, -0.05) is 12.8 Å². The van der Waals surface area contributed by atoms with Gasteiger partial charge in [-0.25, -0.2) is 8.42 Å². The number of ether oxygens (including phenoxy) is 1. The van der Waals surface area contributed by atoms with Crippen LogP contribution in [0.1, 0.15) is 32.6 Å². The zero-order valence-electron chi connectivity index (χ0n) is 16.1. The van der Waals surface area contributed by atoms with Gasteiger partial charge in [0.15, 0.2) is 6.10 Å². The lowest BCUT2D eigenvalue weighted by atomic mass is 10.2. The molecule has 12 heteroatoms. The molecular formula is C17H24N4O7S. The Labute approximate surface area is 168 Å². The molecular weight excluding hydrogens is 404 g/mol. The first-order chi connectivity index (χ1) is 13.6. The second kappa shape index (κ2) is 9.65. The minimum absolute atomic E-state index is 0.0681. The van der Waals surface area contributed by atoms with Crippen LogP contribution in [0.25, 0.3) is 0 Å². The smallest absolute Gasteiger partial charge is 0.321 e. The van der Waals surface area contributed by atoms with Crippen LogP contribution in [0, 0.1) is 10.1 Å². The number of hydrogen-bond acceptors (Lipinski definition) is 8. The summed E-state index contributed by atoms with van der Waals surface area (Å²) in [6, 6.07) is 3.38. The highest BCUT2D eigenvalue weighted by Gasteiger charge is 2.25. The van der Waals surface area contributed by atoms with Crippen LogP contribution < -0.4 is 15.4 Å². The second-order valence-corrected chi connectivity index (χ2v) is 8.40. The summed E-state index contributed by atoms with van der Waals surface area (Å²) in [4.78, 5) is 33.9. The quantitative estimate of drug-likeness (QED) is 0.297. The molecule has 1 fully saturated rings. The maximum atomic E-state index is 12.3. The van der Waals surface area contributed by atoms with Gasteiger partial charge in [-0.15, -0.1) is 0 Å². The normalized spacial score (nSPS) is 15.5. The highest BCUT2D eigenvalue weighted by atomic mass is 32.2. The number of esters is 1. The fourth-order valence-electron chi connectivity index (χ4n) is 2.96. The van der Waals surface area contributed by atoms with Crippen molar-refractivity contribution < 1.29 is 27.7 Å². The first-order valence-corrected chi connectivity index (χ1v) is 10.6. The van der Waals surface area contributed by atoms with Crippen LogP contribution in [0.3, 0.4) is 0 Å². The van der Waals surface area contributed by atoms with Gasteiger partial charge in [-0.2, -0.15) is 4.72 Å². The lowest BCUT2D eigenvalue weighted by Gasteiger charge is -2.17. The molecule has 1 saturated carbocycles. The molecule has 0 spiro atoms. The van der Waals surface area contributed by atoms with Crippen LogP contribution in [0.2, 0.25) is 0 Å². The molecule has 0 aliphatic heterocycles. The molecule has 1 aliphatic rings. The van der Waals surface area contributed by atoms with Gasteiger partial charge in [-0.3, -0.25) is 19.7 Å². The van der Waals surface area contributed by atoms with Crippen LogP contribution in [0.4, 0.5) is 11.4 Å². The van der Waals surface area contributed by atoms with Crippen LogP contribution in [-0.4, -0.2) is 51.0 Å². The van der Waals surface area contributed by atoms with E-state index in [-0.39, 0.29) is 16.6 Å². The molecule has 11 nitrogen and oxygen atoms in total. The van der Waals surface area contributed by atoms with E-state index in [0.717, 1.165) is 31.7 Å². The molecule has 2 rings (SSSR count). The molecule has 0 heterocycles. The van der Waals surface area contributed by atoms with Gasteiger partial charge < -0.3 is 15.4 Å². The molecule has 1 unspecified atom stereocenters. The summed E-state index contributed by atoms with van der Waals surface area (Å²) in [6.45, 7) is 0.682. The molecule has 3 N–H and O–H groups in total. The van der Waals surface area contributed by atoms with Crippen LogP contribution in [0.5, 0.6) is 0 Å². The van der Waals surface area contributed by atoms with Gasteiger partial charge in [0.25, 0.3) is 11.6 Å². The van der Waals surface area contributed by atoms with Gasteiger partial charge in [-0.05, 0) is 31.9 Å². The van der Waals surface area contributed by atoms with E-state index in [0.29, 0.717) is 0 Å². The van der Waals surface area contributed by atoms with E-state index in [1.807, 2.05) is 4.72 Å². The van der Waals surface area contributed by atoms with E-state index in [4.69, 9.17) is 4.74 Å². The second-order valence-electron chi connectivity index (χ2n) is 6.63. The SMILES string of the molecule is CNc1ccc(S(=O)(=O)NCC(=O)OC(C)C(=O)NC2CCCC2)cc1[N+](=O)[O-]. The summed E-state index contributed by atoms with van der Waals surface area (Å²) in [5, 5.41) is 16.5. The van der Waals surface area contributed by atoms with Crippen molar-refractivity contribution in [1.82, 2.24) is 10.0 Å². The van der Waals surface area contributed by atoms with E-state index < -0.39 is 45.2 Å². The summed E-state index contributed by atoms with van der Waals surface area (Å²) in [6.07, 6.45) is 2.77. The van der Waals surface area contributed by atoms with Crippen molar-refractivity contribution in [3.8, 4) is 0 Å². The summed E-state index contributed by atoms with van der Waals surface area (Å²) >= 11 is 0. The van der Waals surface area contributed by atoms with E-state index in [2.05, 4.69) is 10.6 Å². The van der Waals surface area contributed by atoms with Gasteiger partial charge in [0.2, 0.25) is 10.0 Å². The monoisotopic (exact) mass is 428 g/mol. The van der Waals surface area contributed by atoms with E-state index in [1.54, 1.807) is 0 Å². The van der Waals surface area contributed by atoms with Gasteiger partial charge in [0.1, 0.15) is 12.2 Å². The standard InChI is InChI=1S/C17H24N4O7S/c1-11(17(23)20-12-5-3-4-6-12)28-16(22)10-19-29(26,27)13-7-8-14(18-2)15(9-13)21(24)25/h7-9,11-12,18-19H,3-6,10H2,1-2H3,(H,20,23). The van der Waals surface area contributed by atoms with E-state index in [9.17, 15) is 28.1 Å². The van der Waals surface area contributed by atoms with E-state index >= 15 is 0 Å². The van der Waals surface area contributed by atoms with E-state index in [1.165, 1.54) is 26.1 Å². The molecule has 1 aromatic rings. The number of carbonyl (C=O) groups is 2. The number of nitro groups is 1. The molecule has 1 aliphatic carbocycles. The van der Waals surface area contributed by atoms with Crippen LogP contribution >= 0.6 is 0 Å². The topological polar surface area (TPSA) is 157 Å². The Balaban J connectivity index is 1.93. The summed E-state index contributed by atoms with van der Waals surface area (Å²) < 4.78 is 31.6.